The topological polar surface area (TPSA) is 166 Å². The van der Waals surface area contributed by atoms with Crippen LogP contribution >= 0.6 is 0 Å². The van der Waals surface area contributed by atoms with E-state index in [9.17, 15) is 9.59 Å². The van der Waals surface area contributed by atoms with Crippen LogP contribution in [0.25, 0.3) is 10.9 Å². The molecule has 0 radical (unpaired) electrons. The van der Waals surface area contributed by atoms with Gasteiger partial charge in [0.25, 0.3) is 5.91 Å². The molecule has 1 saturated heterocycles. The third-order valence-corrected chi connectivity index (χ3v) is 5.36. The van der Waals surface area contributed by atoms with Crippen LogP contribution in [0.3, 0.4) is 0 Å². The molecule has 162 valence electrons. The smallest absolute Gasteiger partial charge is 0.273 e. The highest BCUT2D eigenvalue weighted by Crippen LogP contribution is 2.32. The number of anilines is 3. The van der Waals surface area contributed by atoms with E-state index in [0.717, 1.165) is 41.7 Å². The van der Waals surface area contributed by atoms with Crippen LogP contribution in [0.4, 0.5) is 17.5 Å². The van der Waals surface area contributed by atoms with Crippen LogP contribution in [0.2, 0.25) is 0 Å². The van der Waals surface area contributed by atoms with Crippen molar-refractivity contribution in [2.24, 2.45) is 11.5 Å². The molecular weight excluding hydrogens is 398 g/mol. The van der Waals surface area contributed by atoms with Gasteiger partial charge in [0.2, 0.25) is 11.9 Å². The minimum absolute atomic E-state index is 0.0531. The predicted octanol–water partition coefficient (Wildman–Crippen LogP) is 0.797. The summed E-state index contributed by atoms with van der Waals surface area (Å²) in [5, 5.41) is 18.0. The monoisotopic (exact) mass is 423 g/mol. The second-order valence-electron chi connectivity index (χ2n) is 7.71. The minimum atomic E-state index is -0.768. The predicted molar refractivity (Wildman–Crippen MR) is 117 cm³/mol. The van der Waals surface area contributed by atoms with E-state index < -0.39 is 17.9 Å². The Labute approximate surface area is 178 Å². The van der Waals surface area contributed by atoms with E-state index in [1.807, 2.05) is 19.1 Å². The number of benzene rings is 1. The lowest BCUT2D eigenvalue weighted by atomic mass is 10.1. The van der Waals surface area contributed by atoms with E-state index in [1.165, 1.54) is 0 Å². The molecule has 1 aliphatic rings. The fourth-order valence-corrected chi connectivity index (χ4v) is 3.73. The lowest BCUT2D eigenvalue weighted by Gasteiger charge is -2.16. The molecule has 2 amide bonds. The van der Waals surface area contributed by atoms with Gasteiger partial charge in [0, 0.05) is 29.9 Å². The number of nitrogens with one attached hydrogen (secondary N) is 3. The zero-order valence-electron chi connectivity index (χ0n) is 17.3. The maximum absolute atomic E-state index is 11.9. The summed E-state index contributed by atoms with van der Waals surface area (Å²) in [6.45, 7) is 5.50. The van der Waals surface area contributed by atoms with E-state index in [1.54, 1.807) is 6.92 Å². The van der Waals surface area contributed by atoms with Gasteiger partial charge < -0.3 is 32.0 Å². The molecule has 11 nitrogen and oxygen atoms in total. The Balaban J connectivity index is 1.74. The normalized spacial score (nSPS) is 16.9. The molecule has 2 atom stereocenters. The summed E-state index contributed by atoms with van der Waals surface area (Å²) in [6.07, 6.45) is 3.14. The van der Waals surface area contributed by atoms with Crippen molar-refractivity contribution in [2.75, 3.05) is 23.7 Å². The van der Waals surface area contributed by atoms with Crippen LogP contribution in [0, 0.1) is 6.92 Å². The van der Waals surface area contributed by atoms with Crippen molar-refractivity contribution in [3.63, 3.8) is 0 Å². The number of aromatic nitrogens is 4. The minimum Gasteiger partial charge on any atom is -0.368 e. The third kappa shape index (κ3) is 4.12. The van der Waals surface area contributed by atoms with E-state index in [-0.39, 0.29) is 17.5 Å². The number of carbonyl (C=O) groups excluding carboxylic acids is 2. The zero-order valence-corrected chi connectivity index (χ0v) is 17.3. The first-order chi connectivity index (χ1) is 14.8. The highest BCUT2D eigenvalue weighted by molar-refractivity contribution is 5.99. The highest BCUT2D eigenvalue weighted by Gasteiger charge is 2.21. The van der Waals surface area contributed by atoms with Gasteiger partial charge in [-0.25, -0.2) is 0 Å². The number of nitrogens with zero attached hydrogens (tertiary/aromatic N) is 4. The van der Waals surface area contributed by atoms with Gasteiger partial charge in [-0.3, -0.25) is 9.59 Å². The number of fused-ring (bicyclic) bond motifs is 1. The SMILES string of the molecule is Cc1cc(Nc2nc(N[C@H](C)C(N)=O)nnc2C(N)=O)c2ccn([C@@H]3CCNC3)c2c1. The average Bonchev–Trinajstić information content (AvgIpc) is 3.37. The molecule has 2 aromatic heterocycles. The van der Waals surface area contributed by atoms with Crippen molar-refractivity contribution in [2.45, 2.75) is 32.4 Å². The summed E-state index contributed by atoms with van der Waals surface area (Å²) < 4.78 is 2.27. The van der Waals surface area contributed by atoms with Crippen LogP contribution in [0.1, 0.15) is 35.4 Å². The van der Waals surface area contributed by atoms with E-state index in [2.05, 4.69) is 48.0 Å². The van der Waals surface area contributed by atoms with Gasteiger partial charge in [0.1, 0.15) is 6.04 Å². The second kappa shape index (κ2) is 8.19. The molecule has 0 aliphatic carbocycles. The van der Waals surface area contributed by atoms with Crippen molar-refractivity contribution >= 4 is 40.2 Å². The maximum Gasteiger partial charge on any atom is 0.273 e. The molecule has 0 saturated carbocycles. The quantitative estimate of drug-likeness (QED) is 0.372. The van der Waals surface area contributed by atoms with Crippen molar-refractivity contribution in [1.29, 1.82) is 0 Å². The van der Waals surface area contributed by atoms with Crippen molar-refractivity contribution < 1.29 is 9.59 Å². The number of hydrogen-bond acceptors (Lipinski definition) is 8. The Kier molecular flexibility index (Phi) is 5.42. The van der Waals surface area contributed by atoms with Crippen LogP contribution < -0.4 is 27.4 Å². The number of amides is 2. The summed E-state index contributed by atoms with van der Waals surface area (Å²) in [5.74, 6) is -1.14. The Bertz CT molecular complexity index is 1150. The molecule has 3 aromatic rings. The molecule has 3 heterocycles. The highest BCUT2D eigenvalue weighted by atomic mass is 16.1. The molecule has 1 aliphatic heterocycles. The first kappa shape index (κ1) is 20.5. The van der Waals surface area contributed by atoms with E-state index in [4.69, 9.17) is 11.5 Å². The molecule has 0 unspecified atom stereocenters. The van der Waals surface area contributed by atoms with Crippen molar-refractivity contribution in [3.05, 3.63) is 35.7 Å². The molecule has 0 bridgehead atoms. The Morgan fingerprint density at radius 1 is 1.29 bits per heavy atom. The number of rotatable bonds is 7. The molecule has 11 heteroatoms. The number of carbonyl (C=O) groups is 2. The first-order valence-corrected chi connectivity index (χ1v) is 10.0. The number of primary amides is 2. The van der Waals surface area contributed by atoms with Crippen LogP contribution in [-0.4, -0.2) is 50.7 Å². The number of hydrogen-bond donors (Lipinski definition) is 5. The van der Waals surface area contributed by atoms with Gasteiger partial charge in [0.15, 0.2) is 11.5 Å². The van der Waals surface area contributed by atoms with Crippen molar-refractivity contribution in [1.82, 2.24) is 25.1 Å². The first-order valence-electron chi connectivity index (χ1n) is 10.0. The standard InChI is InChI=1S/C20H25N9O2/c1-10-7-14(13-4-6-29(15(13)8-10)12-3-5-23-9-12)25-19-16(18(22)31)27-28-20(26-19)24-11(2)17(21)30/h4,6-8,11-12,23H,3,5,9H2,1-2H3,(H2,21,30)(H2,22,31)(H2,24,25,26,28)/t11-,12-/m1/s1. The second-order valence-corrected chi connectivity index (χ2v) is 7.71. The average molecular weight is 423 g/mol. The molecule has 1 fully saturated rings. The Hall–Kier alpha value is -3.73. The Morgan fingerprint density at radius 3 is 2.77 bits per heavy atom. The zero-order chi connectivity index (χ0) is 22.1. The van der Waals surface area contributed by atoms with Gasteiger partial charge in [0.05, 0.1) is 5.52 Å². The fraction of sp³-hybridized carbons (Fsp3) is 0.350. The van der Waals surface area contributed by atoms with Crippen LogP contribution in [0.5, 0.6) is 0 Å². The van der Waals surface area contributed by atoms with Gasteiger partial charge in [-0.2, -0.15) is 4.98 Å². The van der Waals surface area contributed by atoms with Crippen LogP contribution in [0.15, 0.2) is 24.4 Å². The molecular formula is C20H25N9O2. The largest absolute Gasteiger partial charge is 0.368 e. The van der Waals surface area contributed by atoms with Crippen LogP contribution in [-0.2, 0) is 4.79 Å². The van der Waals surface area contributed by atoms with Gasteiger partial charge in [-0.1, -0.05) is 0 Å². The van der Waals surface area contributed by atoms with E-state index in [0.29, 0.717) is 6.04 Å². The summed E-state index contributed by atoms with van der Waals surface area (Å²) in [4.78, 5) is 27.5. The number of aryl methyl sites for hydroxylation is 1. The van der Waals surface area contributed by atoms with Gasteiger partial charge >= 0.3 is 0 Å². The lowest BCUT2D eigenvalue weighted by molar-refractivity contribution is -0.118. The Morgan fingerprint density at radius 2 is 2.10 bits per heavy atom. The fourth-order valence-electron chi connectivity index (χ4n) is 3.73. The summed E-state index contributed by atoms with van der Waals surface area (Å²) in [6, 6.07) is 5.80. The molecule has 0 spiro atoms. The summed E-state index contributed by atoms with van der Waals surface area (Å²) >= 11 is 0. The molecule has 4 rings (SSSR count). The molecule has 31 heavy (non-hydrogen) atoms. The van der Waals surface area contributed by atoms with Crippen molar-refractivity contribution in [3.8, 4) is 0 Å². The maximum atomic E-state index is 11.9. The van der Waals surface area contributed by atoms with Gasteiger partial charge in [-0.15, -0.1) is 10.2 Å². The molecule has 1 aromatic carbocycles. The van der Waals surface area contributed by atoms with Gasteiger partial charge in [-0.05, 0) is 50.6 Å². The summed E-state index contributed by atoms with van der Waals surface area (Å²) in [7, 11) is 0. The lowest BCUT2D eigenvalue weighted by Crippen LogP contribution is -2.33. The molecule has 7 N–H and O–H groups in total. The number of nitrogens with two attached hydrogens (primary N) is 2. The summed E-state index contributed by atoms with van der Waals surface area (Å²) in [5.41, 5.74) is 13.5. The third-order valence-electron chi connectivity index (χ3n) is 5.36. The van der Waals surface area contributed by atoms with E-state index >= 15 is 0 Å².